The zero-order valence-electron chi connectivity index (χ0n) is 11.4. The number of carboxylic acids is 1. The largest absolute Gasteiger partial charge is 0.480 e. The number of carbonyl (C=O) groups is 2. The van der Waals surface area contributed by atoms with Crippen molar-refractivity contribution in [2.45, 2.75) is 13.8 Å². The lowest BCUT2D eigenvalue weighted by atomic mass is 10.2. The summed E-state index contributed by atoms with van der Waals surface area (Å²) in [5.74, 6) is -3.93. The molecular weight excluding hydrogens is 282 g/mol. The number of anilines is 1. The van der Waals surface area contributed by atoms with Gasteiger partial charge in [0, 0.05) is 12.2 Å². The Morgan fingerprint density at radius 2 is 1.90 bits per heavy atom. The van der Waals surface area contributed by atoms with Crippen LogP contribution in [0.4, 0.5) is 5.69 Å². The number of aliphatic carboxylic acids is 1. The van der Waals surface area contributed by atoms with Crippen molar-refractivity contribution in [2.24, 2.45) is 0 Å². The Morgan fingerprint density at radius 3 is 2.40 bits per heavy atom. The molecule has 0 bridgehead atoms. The van der Waals surface area contributed by atoms with Gasteiger partial charge in [0.1, 0.15) is 11.5 Å². The fraction of sp³-hybridized carbons (Fsp3) is 0.385. The minimum atomic E-state index is -3.94. The molecule has 0 atom stereocenters. The fourth-order valence-corrected chi connectivity index (χ4v) is 2.81. The Balaban J connectivity index is 2.91. The van der Waals surface area contributed by atoms with E-state index in [0.29, 0.717) is 12.2 Å². The van der Waals surface area contributed by atoms with Crippen molar-refractivity contribution in [1.82, 2.24) is 0 Å². The minimum Gasteiger partial charge on any atom is -0.480 e. The number of hydrogen-bond acceptors (Lipinski definition) is 4. The normalized spacial score (nSPS) is 11.1. The molecule has 0 aromatic heterocycles. The average Bonchev–Trinajstić information content (AvgIpc) is 2.26. The summed E-state index contributed by atoms with van der Waals surface area (Å²) < 4.78 is 23.1. The van der Waals surface area contributed by atoms with E-state index in [2.05, 4.69) is 0 Å². The molecule has 1 rings (SSSR count). The fourth-order valence-electron chi connectivity index (χ4n) is 1.80. The van der Waals surface area contributed by atoms with Gasteiger partial charge in [0.2, 0.25) is 5.91 Å². The van der Waals surface area contributed by atoms with Gasteiger partial charge in [-0.05, 0) is 31.5 Å². The van der Waals surface area contributed by atoms with Gasteiger partial charge in [0.15, 0.2) is 9.84 Å². The van der Waals surface area contributed by atoms with Crippen LogP contribution in [0.25, 0.3) is 0 Å². The summed E-state index contributed by atoms with van der Waals surface area (Å²) >= 11 is 0. The van der Waals surface area contributed by atoms with E-state index in [1.165, 1.54) is 4.90 Å². The lowest BCUT2D eigenvalue weighted by molar-refractivity contribution is -0.134. The molecule has 0 fully saturated rings. The van der Waals surface area contributed by atoms with Crippen LogP contribution in [0.3, 0.4) is 0 Å². The molecule has 7 heteroatoms. The third kappa shape index (κ3) is 4.65. The molecule has 0 radical (unpaired) electrons. The number of amides is 1. The molecule has 0 aliphatic heterocycles. The van der Waals surface area contributed by atoms with Gasteiger partial charge in [-0.1, -0.05) is 12.1 Å². The molecule has 1 aromatic rings. The van der Waals surface area contributed by atoms with E-state index >= 15 is 0 Å². The predicted octanol–water partition coefficient (Wildman–Crippen LogP) is 0.847. The first-order chi connectivity index (χ1) is 9.25. The summed E-state index contributed by atoms with van der Waals surface area (Å²) in [7, 11) is -3.94. The summed E-state index contributed by atoms with van der Waals surface area (Å²) in [5.41, 5.74) is 1.55. The zero-order valence-corrected chi connectivity index (χ0v) is 12.2. The highest BCUT2D eigenvalue weighted by molar-refractivity contribution is 7.92. The highest BCUT2D eigenvalue weighted by Gasteiger charge is 2.24. The van der Waals surface area contributed by atoms with Crippen LogP contribution < -0.4 is 4.90 Å². The smallest absolute Gasteiger partial charge is 0.318 e. The molecular formula is C13H17NO5S. The van der Waals surface area contributed by atoms with E-state index in [-0.39, 0.29) is 0 Å². The van der Waals surface area contributed by atoms with Crippen molar-refractivity contribution in [1.29, 1.82) is 0 Å². The van der Waals surface area contributed by atoms with Gasteiger partial charge in [-0.2, -0.15) is 0 Å². The van der Waals surface area contributed by atoms with Gasteiger partial charge >= 0.3 is 5.97 Å². The number of benzene rings is 1. The number of aryl methyl sites for hydroxylation is 1. The summed E-state index contributed by atoms with van der Waals surface area (Å²) in [6.45, 7) is 3.90. The Bertz CT molecular complexity index is 609. The number of rotatable bonds is 6. The monoisotopic (exact) mass is 299 g/mol. The molecule has 0 saturated heterocycles. The first-order valence-electron chi connectivity index (χ1n) is 6.04. The highest BCUT2D eigenvalue weighted by atomic mass is 32.2. The number of carboxylic acid groups (broad SMARTS) is 1. The molecule has 110 valence electrons. The number of nitrogens with zero attached hydrogens (tertiary/aromatic N) is 1. The van der Waals surface area contributed by atoms with Gasteiger partial charge in [0.25, 0.3) is 0 Å². The third-order valence-electron chi connectivity index (χ3n) is 2.62. The molecule has 0 unspecified atom stereocenters. The van der Waals surface area contributed by atoms with Gasteiger partial charge in [-0.3, -0.25) is 9.59 Å². The first kappa shape index (κ1) is 16.2. The van der Waals surface area contributed by atoms with E-state index in [1.807, 2.05) is 13.0 Å². The number of carbonyl (C=O) groups excluding carboxylic acids is 1. The van der Waals surface area contributed by atoms with Crippen LogP contribution in [0.2, 0.25) is 0 Å². The van der Waals surface area contributed by atoms with Gasteiger partial charge in [-0.15, -0.1) is 0 Å². The topological polar surface area (TPSA) is 91.8 Å². The molecule has 6 nitrogen and oxygen atoms in total. The van der Waals surface area contributed by atoms with Crippen molar-refractivity contribution in [3.63, 3.8) is 0 Å². The Labute approximate surface area is 117 Å². The van der Waals surface area contributed by atoms with Crippen LogP contribution in [0, 0.1) is 6.92 Å². The first-order valence-corrected chi connectivity index (χ1v) is 7.86. The number of sulfone groups is 1. The van der Waals surface area contributed by atoms with Crippen LogP contribution >= 0.6 is 0 Å². The van der Waals surface area contributed by atoms with E-state index in [0.717, 1.165) is 5.56 Å². The predicted molar refractivity (Wildman–Crippen MR) is 75.5 cm³/mol. The zero-order chi connectivity index (χ0) is 15.3. The molecule has 1 aromatic carbocycles. The van der Waals surface area contributed by atoms with Crippen LogP contribution in [0.15, 0.2) is 24.3 Å². The maximum absolute atomic E-state index is 12.0. The maximum Gasteiger partial charge on any atom is 0.318 e. The molecule has 0 aliphatic carbocycles. The van der Waals surface area contributed by atoms with Gasteiger partial charge in [0.05, 0.1) is 0 Å². The quantitative estimate of drug-likeness (QED) is 0.840. The molecule has 1 N–H and O–H groups in total. The van der Waals surface area contributed by atoms with Crippen molar-refractivity contribution in [2.75, 3.05) is 23.0 Å². The van der Waals surface area contributed by atoms with E-state index in [4.69, 9.17) is 5.11 Å². The summed E-state index contributed by atoms with van der Waals surface area (Å²) in [6, 6.07) is 7.11. The average molecular weight is 299 g/mol. The van der Waals surface area contributed by atoms with Crippen LogP contribution in [-0.2, 0) is 19.4 Å². The van der Waals surface area contributed by atoms with Crippen molar-refractivity contribution >= 4 is 27.4 Å². The minimum absolute atomic E-state index is 0.310. The number of hydrogen-bond donors (Lipinski definition) is 1. The second-order valence-corrected chi connectivity index (χ2v) is 6.47. The lowest BCUT2D eigenvalue weighted by Crippen LogP contribution is -2.37. The second-order valence-electron chi connectivity index (χ2n) is 4.40. The maximum atomic E-state index is 12.0. The Kier molecular flexibility index (Phi) is 5.26. The van der Waals surface area contributed by atoms with E-state index < -0.39 is 33.2 Å². The summed E-state index contributed by atoms with van der Waals surface area (Å²) in [4.78, 5) is 23.8. The Morgan fingerprint density at radius 1 is 1.25 bits per heavy atom. The lowest BCUT2D eigenvalue weighted by Gasteiger charge is -2.21. The summed E-state index contributed by atoms with van der Waals surface area (Å²) in [5, 5.41) is 8.51. The van der Waals surface area contributed by atoms with Gasteiger partial charge in [-0.25, -0.2) is 8.42 Å². The van der Waals surface area contributed by atoms with Crippen molar-refractivity contribution < 1.29 is 23.1 Å². The SMILES string of the molecule is CCN(C(=O)CS(=O)(=O)CC(=O)O)c1cccc(C)c1. The van der Waals surface area contributed by atoms with Crippen LogP contribution in [0.5, 0.6) is 0 Å². The molecule has 0 spiro atoms. The van der Waals surface area contributed by atoms with E-state index in [9.17, 15) is 18.0 Å². The molecule has 0 heterocycles. The van der Waals surface area contributed by atoms with Gasteiger partial charge < -0.3 is 10.0 Å². The molecule has 1 amide bonds. The molecule has 0 aliphatic rings. The second kappa shape index (κ2) is 6.51. The standard InChI is InChI=1S/C13H17NO5S/c1-3-14(11-6-4-5-10(2)7-11)12(15)8-20(18,19)9-13(16)17/h4-7H,3,8-9H2,1-2H3,(H,16,17). The third-order valence-corrected chi connectivity index (χ3v) is 3.99. The summed E-state index contributed by atoms with van der Waals surface area (Å²) in [6.07, 6.45) is 0. The van der Waals surface area contributed by atoms with E-state index in [1.54, 1.807) is 25.1 Å². The van der Waals surface area contributed by atoms with Crippen LogP contribution in [0.1, 0.15) is 12.5 Å². The van der Waals surface area contributed by atoms with Crippen molar-refractivity contribution in [3.05, 3.63) is 29.8 Å². The Hall–Kier alpha value is -1.89. The molecule has 0 saturated carbocycles. The molecule has 20 heavy (non-hydrogen) atoms. The van der Waals surface area contributed by atoms with Crippen molar-refractivity contribution in [3.8, 4) is 0 Å². The highest BCUT2D eigenvalue weighted by Crippen LogP contribution is 2.16. The van der Waals surface area contributed by atoms with Crippen LogP contribution in [-0.4, -0.2) is 43.5 Å².